The Kier molecular flexibility index (Phi) is 5.78. The van der Waals surface area contributed by atoms with Gasteiger partial charge in [0, 0.05) is 38.6 Å². The first-order valence-corrected chi connectivity index (χ1v) is 10.3. The van der Waals surface area contributed by atoms with E-state index in [1.54, 1.807) is 11.7 Å². The lowest BCUT2D eigenvalue weighted by Crippen LogP contribution is -2.43. The number of pyridine rings is 1. The van der Waals surface area contributed by atoms with Gasteiger partial charge >= 0.3 is 0 Å². The van der Waals surface area contributed by atoms with Crippen molar-refractivity contribution in [1.82, 2.24) is 15.3 Å². The molecule has 27 heavy (non-hydrogen) atoms. The summed E-state index contributed by atoms with van der Waals surface area (Å²) in [5.41, 5.74) is 3.73. The number of piperazine rings is 1. The minimum absolute atomic E-state index is 0.395. The predicted molar refractivity (Wildman–Crippen MR) is 111 cm³/mol. The molecule has 2 aromatic heterocycles. The summed E-state index contributed by atoms with van der Waals surface area (Å²) >= 11 is 14.4. The maximum atomic E-state index is 6.46. The Labute approximate surface area is 171 Å². The van der Waals surface area contributed by atoms with Gasteiger partial charge in [-0.3, -0.25) is 4.98 Å². The van der Waals surface area contributed by atoms with Crippen LogP contribution < -0.4 is 15.0 Å². The molecule has 1 saturated heterocycles. The molecule has 8 heteroatoms. The second-order valence-electron chi connectivity index (χ2n) is 6.17. The van der Waals surface area contributed by atoms with E-state index in [2.05, 4.69) is 26.3 Å². The SMILES string of the molecule is Clc1cc(-c2ccnc(N3CCNCC3)c2)cc(Cl)c1OCc1cncs1. The van der Waals surface area contributed by atoms with Crippen molar-refractivity contribution in [3.63, 3.8) is 0 Å². The first-order chi connectivity index (χ1) is 13.2. The van der Waals surface area contributed by atoms with Crippen LogP contribution in [0.15, 0.2) is 42.2 Å². The van der Waals surface area contributed by atoms with Gasteiger partial charge in [0.1, 0.15) is 12.4 Å². The van der Waals surface area contributed by atoms with E-state index in [1.165, 1.54) is 11.3 Å². The van der Waals surface area contributed by atoms with Crippen LogP contribution in [-0.4, -0.2) is 36.1 Å². The lowest BCUT2D eigenvalue weighted by atomic mass is 10.1. The van der Waals surface area contributed by atoms with Crippen molar-refractivity contribution in [2.45, 2.75) is 6.61 Å². The zero-order valence-electron chi connectivity index (χ0n) is 14.5. The van der Waals surface area contributed by atoms with Gasteiger partial charge in [-0.25, -0.2) is 4.98 Å². The highest BCUT2D eigenvalue weighted by Gasteiger charge is 2.15. The monoisotopic (exact) mass is 420 g/mol. The number of benzene rings is 1. The van der Waals surface area contributed by atoms with Crippen molar-refractivity contribution in [1.29, 1.82) is 0 Å². The summed E-state index contributed by atoms with van der Waals surface area (Å²) < 4.78 is 5.80. The van der Waals surface area contributed by atoms with Crippen molar-refractivity contribution in [2.24, 2.45) is 0 Å². The van der Waals surface area contributed by atoms with Gasteiger partial charge in [-0.05, 0) is 35.4 Å². The smallest absolute Gasteiger partial charge is 0.157 e. The van der Waals surface area contributed by atoms with Gasteiger partial charge in [-0.2, -0.15) is 0 Å². The molecule has 5 nitrogen and oxygen atoms in total. The zero-order chi connectivity index (χ0) is 18.6. The van der Waals surface area contributed by atoms with Crippen LogP contribution in [0.4, 0.5) is 5.82 Å². The fourth-order valence-electron chi connectivity index (χ4n) is 2.99. The van der Waals surface area contributed by atoms with Crippen molar-refractivity contribution in [2.75, 3.05) is 31.1 Å². The van der Waals surface area contributed by atoms with Crippen LogP contribution in [0, 0.1) is 0 Å². The van der Waals surface area contributed by atoms with Crippen molar-refractivity contribution < 1.29 is 4.74 Å². The van der Waals surface area contributed by atoms with Gasteiger partial charge in [0.2, 0.25) is 0 Å². The Morgan fingerprint density at radius 1 is 1.11 bits per heavy atom. The molecule has 1 fully saturated rings. The first kappa shape index (κ1) is 18.5. The Morgan fingerprint density at radius 2 is 1.89 bits per heavy atom. The minimum Gasteiger partial charge on any atom is -0.485 e. The minimum atomic E-state index is 0.395. The molecule has 0 spiro atoms. The lowest BCUT2D eigenvalue weighted by Gasteiger charge is -2.28. The van der Waals surface area contributed by atoms with Gasteiger partial charge < -0.3 is 15.0 Å². The molecule has 0 saturated carbocycles. The Morgan fingerprint density at radius 3 is 2.59 bits per heavy atom. The normalized spacial score (nSPS) is 14.4. The molecule has 3 heterocycles. The summed E-state index contributed by atoms with van der Waals surface area (Å²) in [6, 6.07) is 7.80. The third-order valence-electron chi connectivity index (χ3n) is 4.36. The van der Waals surface area contributed by atoms with Crippen LogP contribution >= 0.6 is 34.5 Å². The molecular formula is C19H18Cl2N4OS. The van der Waals surface area contributed by atoms with Gasteiger partial charge in [-0.15, -0.1) is 11.3 Å². The average Bonchev–Trinajstić information content (AvgIpc) is 3.22. The third-order valence-corrected chi connectivity index (χ3v) is 5.67. The van der Waals surface area contributed by atoms with Crippen LogP contribution in [0.2, 0.25) is 10.0 Å². The highest BCUT2D eigenvalue weighted by Crippen LogP contribution is 2.38. The molecule has 0 atom stereocenters. The fourth-order valence-corrected chi connectivity index (χ4v) is 4.09. The lowest BCUT2D eigenvalue weighted by molar-refractivity contribution is 0.310. The summed E-state index contributed by atoms with van der Waals surface area (Å²) in [6.07, 6.45) is 3.60. The first-order valence-electron chi connectivity index (χ1n) is 8.62. The maximum Gasteiger partial charge on any atom is 0.157 e. The average molecular weight is 421 g/mol. The van der Waals surface area contributed by atoms with E-state index in [1.807, 2.05) is 24.4 Å². The van der Waals surface area contributed by atoms with Crippen LogP contribution in [0.3, 0.4) is 0 Å². The molecular weight excluding hydrogens is 403 g/mol. The summed E-state index contributed by atoms with van der Waals surface area (Å²) in [6.45, 7) is 4.22. The van der Waals surface area contributed by atoms with E-state index in [0.29, 0.717) is 22.4 Å². The topological polar surface area (TPSA) is 50.3 Å². The standard InChI is InChI=1S/C19H18Cl2N4OS/c20-16-7-14(8-17(21)19(16)26-11-15-10-23-12-27-15)13-1-2-24-18(9-13)25-5-3-22-4-6-25/h1-2,7-10,12,22H,3-6,11H2. The van der Waals surface area contributed by atoms with E-state index in [-0.39, 0.29) is 0 Å². The van der Waals surface area contributed by atoms with Crippen molar-refractivity contribution >= 4 is 40.4 Å². The predicted octanol–water partition coefficient (Wildman–Crippen LogP) is 4.50. The van der Waals surface area contributed by atoms with Gasteiger partial charge in [0.25, 0.3) is 0 Å². The summed E-state index contributed by atoms with van der Waals surface area (Å²) in [4.78, 5) is 11.8. The largest absolute Gasteiger partial charge is 0.485 e. The number of hydrogen-bond donors (Lipinski definition) is 1. The number of ether oxygens (including phenoxy) is 1. The molecule has 0 radical (unpaired) electrons. The molecule has 1 aliphatic rings. The van der Waals surface area contributed by atoms with E-state index < -0.39 is 0 Å². The van der Waals surface area contributed by atoms with Gasteiger partial charge in [0.05, 0.1) is 20.4 Å². The molecule has 140 valence electrons. The number of nitrogens with zero attached hydrogens (tertiary/aromatic N) is 3. The molecule has 0 unspecified atom stereocenters. The third kappa shape index (κ3) is 4.35. The molecule has 1 aliphatic heterocycles. The molecule has 1 N–H and O–H groups in total. The van der Waals surface area contributed by atoms with Gasteiger partial charge in [0.15, 0.2) is 5.75 Å². The molecule has 3 aromatic rings. The molecule has 4 rings (SSSR count). The number of thiazole rings is 1. The number of anilines is 1. The molecule has 0 bridgehead atoms. The second-order valence-corrected chi connectivity index (χ2v) is 7.95. The van der Waals surface area contributed by atoms with Crippen molar-refractivity contribution in [3.8, 4) is 16.9 Å². The van der Waals surface area contributed by atoms with Crippen LogP contribution in [0.25, 0.3) is 11.1 Å². The number of rotatable bonds is 5. The Hall–Kier alpha value is -1.86. The Balaban J connectivity index is 1.57. The summed E-state index contributed by atoms with van der Waals surface area (Å²) in [5, 5.41) is 4.33. The van der Waals surface area contributed by atoms with Crippen LogP contribution in [-0.2, 0) is 6.61 Å². The van der Waals surface area contributed by atoms with Crippen LogP contribution in [0.5, 0.6) is 5.75 Å². The second kappa shape index (κ2) is 8.44. The quantitative estimate of drug-likeness (QED) is 0.658. The van der Waals surface area contributed by atoms with E-state index in [4.69, 9.17) is 27.9 Å². The highest BCUT2D eigenvalue weighted by molar-refractivity contribution is 7.09. The Bertz CT molecular complexity index is 891. The number of aromatic nitrogens is 2. The van der Waals surface area contributed by atoms with E-state index >= 15 is 0 Å². The van der Waals surface area contributed by atoms with Crippen molar-refractivity contribution in [3.05, 3.63) is 57.1 Å². The number of hydrogen-bond acceptors (Lipinski definition) is 6. The molecule has 0 amide bonds. The molecule has 1 aromatic carbocycles. The summed E-state index contributed by atoms with van der Waals surface area (Å²) in [5.74, 6) is 1.46. The number of halogens is 2. The van der Waals surface area contributed by atoms with Crippen LogP contribution in [0.1, 0.15) is 4.88 Å². The van der Waals surface area contributed by atoms with E-state index in [0.717, 1.165) is 48.0 Å². The van der Waals surface area contributed by atoms with Gasteiger partial charge in [-0.1, -0.05) is 23.2 Å². The molecule has 0 aliphatic carbocycles. The zero-order valence-corrected chi connectivity index (χ0v) is 16.8. The highest BCUT2D eigenvalue weighted by atomic mass is 35.5. The maximum absolute atomic E-state index is 6.46. The summed E-state index contributed by atoms with van der Waals surface area (Å²) in [7, 11) is 0. The fraction of sp³-hybridized carbons (Fsp3) is 0.263. The van der Waals surface area contributed by atoms with E-state index in [9.17, 15) is 0 Å². The number of nitrogens with one attached hydrogen (secondary N) is 1.